The Kier molecular flexibility index (Phi) is 10.0. The molecular weight excluding hydrogens is 552 g/mol. The van der Waals surface area contributed by atoms with Gasteiger partial charge in [0, 0.05) is 56.9 Å². The molecule has 13 heteroatoms. The number of amides is 2. The third-order valence-corrected chi connectivity index (χ3v) is 7.62. The average molecular weight is 589 g/mol. The zero-order valence-corrected chi connectivity index (χ0v) is 25.2. The van der Waals surface area contributed by atoms with Crippen LogP contribution in [0.3, 0.4) is 0 Å². The molecule has 1 aliphatic heterocycles. The molecule has 0 atom stereocenters. The van der Waals surface area contributed by atoms with E-state index in [0.29, 0.717) is 44.6 Å². The van der Waals surface area contributed by atoms with Gasteiger partial charge in [0.2, 0.25) is 16.9 Å². The first-order valence-corrected chi connectivity index (χ1v) is 14.9. The summed E-state index contributed by atoms with van der Waals surface area (Å²) in [6, 6.07) is 9.93. The van der Waals surface area contributed by atoms with Crippen molar-refractivity contribution in [2.45, 2.75) is 53.0 Å². The van der Waals surface area contributed by atoms with E-state index in [9.17, 15) is 14.9 Å². The number of carbonyl (C=O) groups is 2. The molecule has 220 valence electrons. The van der Waals surface area contributed by atoms with E-state index in [1.807, 2.05) is 36.9 Å². The molecular formula is C29H36N10O2S. The Bertz CT molecular complexity index is 1580. The maximum atomic E-state index is 12.4. The monoisotopic (exact) mass is 588 g/mol. The van der Waals surface area contributed by atoms with Gasteiger partial charge in [-0.1, -0.05) is 25.2 Å². The lowest BCUT2D eigenvalue weighted by Gasteiger charge is -2.34. The van der Waals surface area contributed by atoms with E-state index in [1.54, 1.807) is 23.0 Å². The lowest BCUT2D eigenvalue weighted by Crippen LogP contribution is -2.48. The zero-order valence-electron chi connectivity index (χ0n) is 24.4. The molecule has 42 heavy (non-hydrogen) atoms. The Morgan fingerprint density at radius 3 is 2.55 bits per heavy atom. The number of primary amides is 1. The lowest BCUT2D eigenvalue weighted by molar-refractivity contribution is -0.131. The summed E-state index contributed by atoms with van der Waals surface area (Å²) in [4.78, 5) is 32.1. The van der Waals surface area contributed by atoms with Gasteiger partial charge in [-0.25, -0.2) is 4.52 Å². The number of rotatable bonds is 9. The number of carbonyl (C=O) groups excluding carboxylic acids is 2. The molecule has 4 aromatic rings. The van der Waals surface area contributed by atoms with Gasteiger partial charge in [0.25, 0.3) is 0 Å². The molecule has 5 rings (SSSR count). The molecule has 0 aromatic carbocycles. The van der Waals surface area contributed by atoms with E-state index >= 15 is 0 Å². The highest BCUT2D eigenvalue weighted by atomic mass is 32.1. The fraction of sp³-hybridized carbons (Fsp3) is 0.414. The SMILES string of the molecule is CC.CC(C)Nc1cc(-c2ccc3cc(C#N)cnn23)ncc1-c1nnc(N2CCN(C(=O)CCCC(N)=O)CC2)s1. The highest BCUT2D eigenvalue weighted by Gasteiger charge is 2.24. The molecule has 3 N–H and O–H groups in total. The Morgan fingerprint density at radius 2 is 1.86 bits per heavy atom. The number of anilines is 2. The summed E-state index contributed by atoms with van der Waals surface area (Å²) < 4.78 is 1.77. The first-order valence-electron chi connectivity index (χ1n) is 14.1. The van der Waals surface area contributed by atoms with Gasteiger partial charge in [-0.15, -0.1) is 10.2 Å². The standard InChI is InChI=1S/C27H30N10O2S.C2H6/c1-17(2)32-21-13-22(23-7-6-19-12-18(14-28)15-31-37(19)23)30-16-20(21)26-33-34-27(40-26)36-10-8-35(9-11-36)25(39)5-3-4-24(29)38;1-2/h6-7,12-13,15-17H,3-5,8-11H2,1-2H3,(H2,29,38)(H,30,32);1-2H3. The summed E-state index contributed by atoms with van der Waals surface area (Å²) in [5, 5.41) is 27.6. The summed E-state index contributed by atoms with van der Waals surface area (Å²) >= 11 is 1.49. The Balaban J connectivity index is 0.00000198. The van der Waals surface area contributed by atoms with Gasteiger partial charge in [-0.2, -0.15) is 10.4 Å². The number of fused-ring (bicyclic) bond motifs is 1. The number of piperazine rings is 1. The second kappa shape index (κ2) is 13.9. The maximum Gasteiger partial charge on any atom is 0.222 e. The van der Waals surface area contributed by atoms with Crippen molar-refractivity contribution in [2.24, 2.45) is 5.73 Å². The third-order valence-electron chi connectivity index (χ3n) is 6.60. The fourth-order valence-electron chi connectivity index (χ4n) is 4.62. The van der Waals surface area contributed by atoms with Crippen molar-refractivity contribution in [2.75, 3.05) is 36.4 Å². The summed E-state index contributed by atoms with van der Waals surface area (Å²) in [6.07, 6.45) is 4.38. The minimum Gasteiger partial charge on any atom is -0.382 e. The van der Waals surface area contributed by atoms with Crippen molar-refractivity contribution in [3.05, 3.63) is 42.2 Å². The molecule has 0 saturated carbocycles. The van der Waals surface area contributed by atoms with Crippen molar-refractivity contribution in [1.82, 2.24) is 29.7 Å². The Labute approximate surface area is 249 Å². The van der Waals surface area contributed by atoms with Gasteiger partial charge < -0.3 is 20.9 Å². The number of nitriles is 1. The second-order valence-corrected chi connectivity index (χ2v) is 10.9. The average Bonchev–Trinajstić information content (AvgIpc) is 3.65. The van der Waals surface area contributed by atoms with E-state index in [2.05, 4.69) is 45.4 Å². The number of hydrogen-bond donors (Lipinski definition) is 2. The van der Waals surface area contributed by atoms with Crippen molar-refractivity contribution < 1.29 is 9.59 Å². The summed E-state index contributed by atoms with van der Waals surface area (Å²) in [5.74, 6) is -0.336. The number of aromatic nitrogens is 5. The number of nitrogens with zero attached hydrogens (tertiary/aromatic N) is 8. The van der Waals surface area contributed by atoms with E-state index in [0.717, 1.165) is 38.3 Å². The first kappa shape index (κ1) is 30.4. The van der Waals surface area contributed by atoms with E-state index in [4.69, 9.17) is 10.7 Å². The third kappa shape index (κ3) is 7.01. The molecule has 0 bridgehead atoms. The van der Waals surface area contributed by atoms with Crippen LogP contribution < -0.4 is 16.0 Å². The highest BCUT2D eigenvalue weighted by Crippen LogP contribution is 2.36. The lowest BCUT2D eigenvalue weighted by atomic mass is 10.1. The van der Waals surface area contributed by atoms with Crippen molar-refractivity contribution in [3.8, 4) is 28.0 Å². The molecule has 4 aromatic heterocycles. The highest BCUT2D eigenvalue weighted by molar-refractivity contribution is 7.18. The largest absolute Gasteiger partial charge is 0.382 e. The molecule has 5 heterocycles. The second-order valence-electron chi connectivity index (χ2n) is 9.90. The van der Waals surface area contributed by atoms with Gasteiger partial charge in [0.1, 0.15) is 6.07 Å². The van der Waals surface area contributed by atoms with Crippen molar-refractivity contribution >= 4 is 39.5 Å². The van der Waals surface area contributed by atoms with E-state index in [-0.39, 0.29) is 24.3 Å². The number of nitrogens with one attached hydrogen (secondary N) is 1. The molecule has 2 amide bonds. The maximum absolute atomic E-state index is 12.4. The molecule has 1 aliphatic rings. The van der Waals surface area contributed by atoms with Crippen LogP contribution in [0.2, 0.25) is 0 Å². The molecule has 12 nitrogen and oxygen atoms in total. The predicted octanol–water partition coefficient (Wildman–Crippen LogP) is 3.94. The number of pyridine rings is 1. The van der Waals surface area contributed by atoms with Gasteiger partial charge in [0.15, 0.2) is 5.01 Å². The van der Waals surface area contributed by atoms with Crippen LogP contribution in [-0.4, -0.2) is 73.7 Å². The normalized spacial score (nSPS) is 13.0. The van der Waals surface area contributed by atoms with E-state index < -0.39 is 0 Å². The molecule has 0 unspecified atom stereocenters. The molecule has 1 fully saturated rings. The molecule has 0 radical (unpaired) electrons. The van der Waals surface area contributed by atoms with Crippen LogP contribution in [-0.2, 0) is 9.59 Å². The molecule has 0 spiro atoms. The first-order chi connectivity index (χ1) is 20.3. The van der Waals surface area contributed by atoms with E-state index in [1.165, 1.54) is 11.3 Å². The minimum atomic E-state index is -0.383. The van der Waals surface area contributed by atoms with Crippen LogP contribution in [0, 0.1) is 11.3 Å². The number of hydrogen-bond acceptors (Lipinski definition) is 10. The summed E-state index contributed by atoms with van der Waals surface area (Å²) in [6.45, 7) is 10.6. The van der Waals surface area contributed by atoms with Crippen LogP contribution in [0.5, 0.6) is 0 Å². The fourth-order valence-corrected chi connectivity index (χ4v) is 5.54. The molecule has 0 aliphatic carbocycles. The minimum absolute atomic E-state index is 0.0471. The summed E-state index contributed by atoms with van der Waals surface area (Å²) in [5.41, 5.74) is 9.79. The summed E-state index contributed by atoms with van der Waals surface area (Å²) in [7, 11) is 0. The van der Waals surface area contributed by atoms with Gasteiger partial charge in [-0.3, -0.25) is 14.6 Å². The van der Waals surface area contributed by atoms with Crippen LogP contribution in [0.25, 0.3) is 27.5 Å². The van der Waals surface area contributed by atoms with Crippen molar-refractivity contribution in [3.63, 3.8) is 0 Å². The Morgan fingerprint density at radius 1 is 1.10 bits per heavy atom. The van der Waals surface area contributed by atoms with Crippen molar-refractivity contribution in [1.29, 1.82) is 5.26 Å². The zero-order chi connectivity index (χ0) is 30.2. The van der Waals surface area contributed by atoms with Gasteiger partial charge in [-0.05, 0) is 44.5 Å². The topological polar surface area (TPSA) is 158 Å². The van der Waals surface area contributed by atoms with Gasteiger partial charge >= 0.3 is 0 Å². The van der Waals surface area contributed by atoms with Crippen LogP contribution >= 0.6 is 11.3 Å². The Hall–Kier alpha value is -4.57. The van der Waals surface area contributed by atoms with Crippen LogP contribution in [0.15, 0.2) is 36.7 Å². The van der Waals surface area contributed by atoms with Crippen LogP contribution in [0.4, 0.5) is 10.8 Å². The van der Waals surface area contributed by atoms with Crippen LogP contribution in [0.1, 0.15) is 52.5 Å². The number of nitrogens with two attached hydrogens (primary N) is 1. The smallest absolute Gasteiger partial charge is 0.222 e. The molecule has 1 saturated heterocycles. The quantitative estimate of drug-likeness (QED) is 0.295. The predicted molar refractivity (Wildman–Crippen MR) is 164 cm³/mol. The van der Waals surface area contributed by atoms with Gasteiger partial charge in [0.05, 0.1) is 34.2 Å².